The Hall–Kier alpha value is -1.55. The van der Waals surface area contributed by atoms with Crippen molar-refractivity contribution in [1.29, 1.82) is 0 Å². The minimum atomic E-state index is -0.318. The van der Waals surface area contributed by atoms with E-state index in [1.54, 1.807) is 12.1 Å². The van der Waals surface area contributed by atoms with Crippen LogP contribution in [0, 0.1) is 5.82 Å². The van der Waals surface area contributed by atoms with Crippen molar-refractivity contribution in [1.82, 2.24) is 9.78 Å². The van der Waals surface area contributed by atoms with Gasteiger partial charge in [-0.2, -0.15) is 5.10 Å². The van der Waals surface area contributed by atoms with Gasteiger partial charge in [0.15, 0.2) is 0 Å². The van der Waals surface area contributed by atoms with Gasteiger partial charge in [0.1, 0.15) is 18.2 Å². The molecule has 0 saturated carbocycles. The summed E-state index contributed by atoms with van der Waals surface area (Å²) in [6.45, 7) is 5.00. The highest BCUT2D eigenvalue weighted by Crippen LogP contribution is 2.23. The van der Waals surface area contributed by atoms with E-state index >= 15 is 0 Å². The van der Waals surface area contributed by atoms with Gasteiger partial charge in [0.25, 0.3) is 0 Å². The van der Waals surface area contributed by atoms with Gasteiger partial charge in [-0.05, 0) is 25.5 Å². The molecule has 1 aromatic heterocycles. The van der Waals surface area contributed by atoms with Gasteiger partial charge in [-0.15, -0.1) is 0 Å². The summed E-state index contributed by atoms with van der Waals surface area (Å²) in [5.41, 5.74) is 1.69. The van der Waals surface area contributed by atoms with Crippen molar-refractivity contribution in [3.05, 3.63) is 46.5 Å². The van der Waals surface area contributed by atoms with E-state index in [2.05, 4.69) is 5.10 Å². The third-order valence-corrected chi connectivity index (χ3v) is 3.30. The van der Waals surface area contributed by atoms with E-state index in [1.165, 1.54) is 12.1 Å². The predicted octanol–water partition coefficient (Wildman–Crippen LogP) is 3.84. The van der Waals surface area contributed by atoms with Gasteiger partial charge in [0.05, 0.1) is 16.4 Å². The fourth-order valence-corrected chi connectivity index (χ4v) is 2.19. The second kappa shape index (κ2) is 6.06. The number of ether oxygens (including phenoxy) is 1. The third kappa shape index (κ3) is 3.07. The van der Waals surface area contributed by atoms with E-state index in [0.717, 1.165) is 24.4 Å². The van der Waals surface area contributed by atoms with E-state index in [1.807, 2.05) is 18.5 Å². The smallest absolute Gasteiger partial charge is 0.131 e. The summed E-state index contributed by atoms with van der Waals surface area (Å²) in [6.07, 6.45) is 0.777. The lowest BCUT2D eigenvalue weighted by Crippen LogP contribution is -2.06. The van der Waals surface area contributed by atoms with Gasteiger partial charge in [0, 0.05) is 12.6 Å². The summed E-state index contributed by atoms with van der Waals surface area (Å²) in [5, 5.41) is 5.05. The lowest BCUT2D eigenvalue weighted by molar-refractivity contribution is 0.291. The van der Waals surface area contributed by atoms with Crippen LogP contribution in [-0.4, -0.2) is 9.78 Å². The number of benzene rings is 1. The number of aryl methyl sites for hydroxylation is 2. The number of hydrogen-bond acceptors (Lipinski definition) is 2. The Morgan fingerprint density at radius 1 is 1.37 bits per heavy atom. The van der Waals surface area contributed by atoms with E-state index in [-0.39, 0.29) is 12.4 Å². The van der Waals surface area contributed by atoms with Gasteiger partial charge >= 0.3 is 0 Å². The minimum absolute atomic E-state index is 0.281. The zero-order valence-electron chi connectivity index (χ0n) is 11.0. The Balaban J connectivity index is 2.17. The molecule has 0 amide bonds. The summed E-state index contributed by atoms with van der Waals surface area (Å²) in [4.78, 5) is 0. The molecule has 0 bridgehead atoms. The molecule has 5 heteroatoms. The molecule has 0 N–H and O–H groups in total. The van der Waals surface area contributed by atoms with Crippen molar-refractivity contribution in [2.75, 3.05) is 0 Å². The lowest BCUT2D eigenvalue weighted by Gasteiger charge is -2.08. The molecule has 0 aliphatic carbocycles. The highest BCUT2D eigenvalue weighted by Gasteiger charge is 2.14. The molecule has 19 heavy (non-hydrogen) atoms. The van der Waals surface area contributed by atoms with Crippen molar-refractivity contribution in [2.45, 2.75) is 33.4 Å². The third-order valence-electron chi connectivity index (χ3n) is 2.87. The normalized spacial score (nSPS) is 10.7. The number of halogens is 2. The summed E-state index contributed by atoms with van der Waals surface area (Å²) in [5.74, 6) is 0.166. The fraction of sp³-hybridized carbons (Fsp3) is 0.357. The molecular formula is C14H16ClFN2O. The Morgan fingerprint density at radius 3 is 2.79 bits per heavy atom. The molecular weight excluding hydrogens is 267 g/mol. The van der Waals surface area contributed by atoms with Crippen LogP contribution < -0.4 is 4.74 Å². The van der Waals surface area contributed by atoms with Crippen LogP contribution in [0.4, 0.5) is 4.39 Å². The molecule has 0 aliphatic rings. The molecule has 0 fully saturated rings. The van der Waals surface area contributed by atoms with Crippen LogP contribution in [0.25, 0.3) is 0 Å². The topological polar surface area (TPSA) is 27.1 Å². The Kier molecular flexibility index (Phi) is 4.43. The molecule has 2 aromatic rings. The first-order valence-corrected chi connectivity index (χ1v) is 6.65. The molecule has 2 rings (SSSR count). The number of rotatable bonds is 5. The molecule has 0 unspecified atom stereocenters. The average molecular weight is 283 g/mol. The van der Waals surface area contributed by atoms with Crippen molar-refractivity contribution < 1.29 is 9.13 Å². The molecule has 1 heterocycles. The summed E-state index contributed by atoms with van der Waals surface area (Å²) < 4.78 is 20.4. The maximum absolute atomic E-state index is 13.1. The first-order valence-electron chi connectivity index (χ1n) is 6.28. The quantitative estimate of drug-likeness (QED) is 0.833. The summed E-state index contributed by atoms with van der Waals surface area (Å²) in [6, 6.07) is 6.05. The molecule has 0 radical (unpaired) electrons. The van der Waals surface area contributed by atoms with Gasteiger partial charge < -0.3 is 4.74 Å². The first-order chi connectivity index (χ1) is 9.15. The van der Waals surface area contributed by atoms with Crippen molar-refractivity contribution >= 4 is 11.6 Å². The largest absolute Gasteiger partial charge is 0.487 e. The van der Waals surface area contributed by atoms with E-state index < -0.39 is 0 Å². The lowest BCUT2D eigenvalue weighted by atomic mass is 10.3. The molecule has 1 aromatic carbocycles. The Labute approximate surface area is 117 Å². The van der Waals surface area contributed by atoms with Crippen LogP contribution in [0.1, 0.15) is 25.2 Å². The maximum Gasteiger partial charge on any atom is 0.131 e. The van der Waals surface area contributed by atoms with Crippen LogP contribution in [0.5, 0.6) is 5.75 Å². The van der Waals surface area contributed by atoms with Crippen molar-refractivity contribution in [3.8, 4) is 5.75 Å². The highest BCUT2D eigenvalue weighted by atomic mass is 35.5. The molecule has 0 aliphatic heterocycles. The molecule has 3 nitrogen and oxygen atoms in total. The fourth-order valence-electron chi connectivity index (χ4n) is 1.86. The Morgan fingerprint density at radius 2 is 2.16 bits per heavy atom. The zero-order chi connectivity index (χ0) is 13.8. The molecule has 0 spiro atoms. The molecule has 0 atom stereocenters. The van der Waals surface area contributed by atoms with E-state index in [4.69, 9.17) is 16.3 Å². The van der Waals surface area contributed by atoms with Crippen LogP contribution in [0.15, 0.2) is 24.3 Å². The van der Waals surface area contributed by atoms with Crippen LogP contribution in [0.2, 0.25) is 5.02 Å². The molecule has 0 saturated heterocycles. The van der Waals surface area contributed by atoms with Crippen LogP contribution in [-0.2, 0) is 19.6 Å². The van der Waals surface area contributed by atoms with Gasteiger partial charge in [-0.25, -0.2) is 4.39 Å². The second-order valence-corrected chi connectivity index (χ2v) is 4.50. The maximum atomic E-state index is 13.1. The zero-order valence-corrected chi connectivity index (χ0v) is 11.7. The summed E-state index contributed by atoms with van der Waals surface area (Å²) in [7, 11) is 0. The van der Waals surface area contributed by atoms with Crippen LogP contribution >= 0.6 is 11.6 Å². The monoisotopic (exact) mass is 282 g/mol. The Bertz CT molecular complexity index is 569. The molecule has 102 valence electrons. The second-order valence-electron chi connectivity index (χ2n) is 4.12. The average Bonchev–Trinajstić information content (AvgIpc) is 2.72. The van der Waals surface area contributed by atoms with E-state index in [0.29, 0.717) is 10.8 Å². The van der Waals surface area contributed by atoms with Gasteiger partial charge in [0.2, 0.25) is 0 Å². The summed E-state index contributed by atoms with van der Waals surface area (Å²) >= 11 is 6.27. The van der Waals surface area contributed by atoms with Gasteiger partial charge in [-0.1, -0.05) is 24.6 Å². The highest BCUT2D eigenvalue weighted by molar-refractivity contribution is 6.31. The van der Waals surface area contributed by atoms with Crippen molar-refractivity contribution in [2.24, 2.45) is 0 Å². The minimum Gasteiger partial charge on any atom is -0.487 e. The van der Waals surface area contributed by atoms with Crippen molar-refractivity contribution in [3.63, 3.8) is 0 Å². The van der Waals surface area contributed by atoms with Gasteiger partial charge in [-0.3, -0.25) is 4.68 Å². The standard InChI is InChI=1S/C14H16ClFN2O/c1-3-12-14(15)13(18(4-2)17-12)9-19-11-7-5-6-10(16)8-11/h5-8H,3-4,9H2,1-2H3. The SMILES string of the molecule is CCc1nn(CC)c(COc2cccc(F)c2)c1Cl. The first kappa shape index (κ1) is 13.9. The number of hydrogen-bond donors (Lipinski definition) is 0. The van der Waals surface area contributed by atoms with E-state index in [9.17, 15) is 4.39 Å². The number of aromatic nitrogens is 2. The number of nitrogens with zero attached hydrogens (tertiary/aromatic N) is 2. The van der Waals surface area contributed by atoms with Crippen LogP contribution in [0.3, 0.4) is 0 Å². The predicted molar refractivity (Wildman–Crippen MR) is 73.0 cm³/mol.